The van der Waals surface area contributed by atoms with Crippen molar-refractivity contribution in [3.63, 3.8) is 0 Å². The molecule has 0 fully saturated rings. The molecule has 2 aromatic rings. The van der Waals surface area contributed by atoms with Gasteiger partial charge in [-0.1, -0.05) is 24.3 Å². The fourth-order valence-electron chi connectivity index (χ4n) is 2.62. The predicted molar refractivity (Wildman–Crippen MR) is 85.0 cm³/mol. The maximum absolute atomic E-state index is 9.53. The van der Waals surface area contributed by atoms with E-state index >= 15 is 0 Å². The molecule has 2 nitrogen and oxygen atoms in total. The third-order valence-corrected chi connectivity index (χ3v) is 4.28. The van der Waals surface area contributed by atoms with E-state index in [-0.39, 0.29) is 6.04 Å². The number of benzene rings is 2. The molecule has 1 atom stereocenters. The van der Waals surface area contributed by atoms with Crippen molar-refractivity contribution in [2.24, 2.45) is 0 Å². The quantitative estimate of drug-likeness (QED) is 0.721. The molecule has 0 aliphatic carbocycles. The summed E-state index contributed by atoms with van der Waals surface area (Å²) in [6.45, 7) is 0.899. The van der Waals surface area contributed by atoms with Gasteiger partial charge in [-0.3, -0.25) is 0 Å². The van der Waals surface area contributed by atoms with Gasteiger partial charge in [-0.15, -0.1) is 0 Å². The summed E-state index contributed by atoms with van der Waals surface area (Å²) in [5, 5.41) is 9.53. The zero-order chi connectivity index (χ0) is 13.2. The minimum Gasteiger partial charge on any atom is -0.352 e. The van der Waals surface area contributed by atoms with Crippen molar-refractivity contribution >= 4 is 28.3 Å². The van der Waals surface area contributed by atoms with Crippen LogP contribution >= 0.6 is 22.6 Å². The van der Waals surface area contributed by atoms with E-state index in [1.807, 2.05) is 12.1 Å². The zero-order valence-corrected chi connectivity index (χ0v) is 12.5. The van der Waals surface area contributed by atoms with Crippen LogP contribution in [0, 0.1) is 14.9 Å². The lowest BCUT2D eigenvalue weighted by atomic mass is 9.93. The molecule has 94 valence electrons. The number of nitriles is 1. The maximum atomic E-state index is 9.53. The van der Waals surface area contributed by atoms with Crippen molar-refractivity contribution in [1.29, 1.82) is 5.26 Å². The second-order valence-corrected chi connectivity index (χ2v) is 5.90. The van der Waals surface area contributed by atoms with Crippen LogP contribution in [0.3, 0.4) is 0 Å². The molecule has 0 saturated carbocycles. The maximum Gasteiger partial charge on any atom is 0.142 e. The normalized spacial score (nSPS) is 17.7. The average Bonchev–Trinajstić information content (AvgIpc) is 2.47. The summed E-state index contributed by atoms with van der Waals surface area (Å²) < 4.78 is 1.22. The van der Waals surface area contributed by atoms with Gasteiger partial charge in [0.2, 0.25) is 0 Å². The van der Waals surface area contributed by atoms with Crippen LogP contribution in [-0.2, 0) is 6.42 Å². The van der Waals surface area contributed by atoms with E-state index in [9.17, 15) is 5.26 Å². The number of nitrogens with zero attached hydrogens (tertiary/aromatic N) is 2. The summed E-state index contributed by atoms with van der Waals surface area (Å²) in [6.07, 6.45) is 1.00. The Labute approximate surface area is 126 Å². The first-order chi connectivity index (χ1) is 9.29. The Balaban J connectivity index is 2.01. The summed E-state index contributed by atoms with van der Waals surface area (Å²) in [7, 11) is 0. The molecule has 0 spiro atoms. The second kappa shape index (κ2) is 5.22. The Kier molecular flexibility index (Phi) is 3.43. The molecule has 0 aromatic heterocycles. The topological polar surface area (TPSA) is 27.0 Å². The SMILES string of the molecule is N#CC1c2ccccc2CCN1c1ccc(I)cc1. The van der Waals surface area contributed by atoms with Crippen molar-refractivity contribution in [3.8, 4) is 6.07 Å². The van der Waals surface area contributed by atoms with Crippen LogP contribution in [0.4, 0.5) is 5.69 Å². The van der Waals surface area contributed by atoms with Crippen LogP contribution in [0.2, 0.25) is 0 Å². The highest BCUT2D eigenvalue weighted by molar-refractivity contribution is 14.1. The molecule has 1 aliphatic heterocycles. The number of fused-ring (bicyclic) bond motifs is 1. The Morgan fingerprint density at radius 1 is 1.11 bits per heavy atom. The van der Waals surface area contributed by atoms with Crippen LogP contribution in [0.25, 0.3) is 0 Å². The number of halogens is 1. The number of hydrogen-bond donors (Lipinski definition) is 0. The first-order valence-electron chi connectivity index (χ1n) is 6.29. The highest BCUT2D eigenvalue weighted by Crippen LogP contribution is 2.33. The lowest BCUT2D eigenvalue weighted by molar-refractivity contribution is 0.676. The van der Waals surface area contributed by atoms with Gasteiger partial charge in [0.15, 0.2) is 0 Å². The monoisotopic (exact) mass is 360 g/mol. The Hall–Kier alpha value is -1.54. The van der Waals surface area contributed by atoms with Gasteiger partial charge < -0.3 is 4.90 Å². The Morgan fingerprint density at radius 3 is 2.58 bits per heavy atom. The molecule has 0 radical (unpaired) electrons. The highest BCUT2D eigenvalue weighted by Gasteiger charge is 2.26. The molecular formula is C16H13IN2. The molecule has 0 bridgehead atoms. The fourth-order valence-corrected chi connectivity index (χ4v) is 2.98. The standard InChI is InChI=1S/C16H13IN2/c17-13-5-7-14(8-6-13)19-10-9-12-3-1-2-4-15(12)16(19)11-18/h1-8,16H,9-10H2. The third-order valence-electron chi connectivity index (χ3n) is 3.56. The van der Waals surface area contributed by atoms with E-state index < -0.39 is 0 Å². The first kappa shape index (κ1) is 12.5. The molecule has 3 rings (SSSR count). The minimum absolute atomic E-state index is 0.176. The second-order valence-electron chi connectivity index (χ2n) is 4.65. The van der Waals surface area contributed by atoms with Gasteiger partial charge in [0.1, 0.15) is 6.04 Å². The molecule has 2 aromatic carbocycles. The summed E-state index contributed by atoms with van der Waals surface area (Å²) in [5.41, 5.74) is 3.58. The molecule has 0 amide bonds. The smallest absolute Gasteiger partial charge is 0.142 e. The molecule has 1 heterocycles. The molecule has 1 aliphatic rings. The van der Waals surface area contributed by atoms with E-state index in [1.165, 1.54) is 9.13 Å². The van der Waals surface area contributed by atoms with Gasteiger partial charge in [0.05, 0.1) is 6.07 Å². The third kappa shape index (κ3) is 2.33. The van der Waals surface area contributed by atoms with Gasteiger partial charge in [-0.25, -0.2) is 0 Å². The van der Waals surface area contributed by atoms with Crippen LogP contribution in [0.1, 0.15) is 17.2 Å². The van der Waals surface area contributed by atoms with Gasteiger partial charge >= 0.3 is 0 Å². The molecule has 0 saturated heterocycles. The highest BCUT2D eigenvalue weighted by atomic mass is 127. The number of hydrogen-bond acceptors (Lipinski definition) is 2. The van der Waals surface area contributed by atoms with Crippen molar-refractivity contribution in [1.82, 2.24) is 0 Å². The molecular weight excluding hydrogens is 347 g/mol. The van der Waals surface area contributed by atoms with Gasteiger partial charge in [0.25, 0.3) is 0 Å². The molecule has 19 heavy (non-hydrogen) atoms. The van der Waals surface area contributed by atoms with Crippen LogP contribution in [0.5, 0.6) is 0 Å². The summed E-state index contributed by atoms with van der Waals surface area (Å²) in [6, 6.07) is 18.9. The van der Waals surface area contributed by atoms with Crippen LogP contribution in [0.15, 0.2) is 48.5 Å². The average molecular weight is 360 g/mol. The lowest BCUT2D eigenvalue weighted by Gasteiger charge is -2.35. The van der Waals surface area contributed by atoms with E-state index in [1.54, 1.807) is 0 Å². The van der Waals surface area contributed by atoms with Gasteiger partial charge in [-0.05, 0) is 64.4 Å². The predicted octanol–water partition coefficient (Wildman–Crippen LogP) is 3.92. The van der Waals surface area contributed by atoms with E-state index in [0.29, 0.717) is 0 Å². The lowest BCUT2D eigenvalue weighted by Crippen LogP contribution is -2.34. The summed E-state index contributed by atoms with van der Waals surface area (Å²) >= 11 is 2.30. The fraction of sp³-hybridized carbons (Fsp3) is 0.188. The number of rotatable bonds is 1. The zero-order valence-electron chi connectivity index (χ0n) is 10.4. The van der Waals surface area contributed by atoms with Crippen LogP contribution < -0.4 is 4.90 Å². The van der Waals surface area contributed by atoms with E-state index in [4.69, 9.17) is 0 Å². The molecule has 3 heteroatoms. The van der Waals surface area contributed by atoms with Gasteiger partial charge in [-0.2, -0.15) is 5.26 Å². The van der Waals surface area contributed by atoms with Crippen LogP contribution in [-0.4, -0.2) is 6.54 Å². The van der Waals surface area contributed by atoms with Crippen molar-refractivity contribution in [2.75, 3.05) is 11.4 Å². The summed E-state index contributed by atoms with van der Waals surface area (Å²) in [5.74, 6) is 0. The summed E-state index contributed by atoms with van der Waals surface area (Å²) in [4.78, 5) is 2.19. The van der Waals surface area contributed by atoms with Crippen molar-refractivity contribution < 1.29 is 0 Å². The first-order valence-corrected chi connectivity index (χ1v) is 7.37. The Bertz CT molecular complexity index is 628. The Morgan fingerprint density at radius 2 is 1.84 bits per heavy atom. The largest absolute Gasteiger partial charge is 0.352 e. The van der Waals surface area contributed by atoms with Crippen molar-refractivity contribution in [3.05, 3.63) is 63.2 Å². The van der Waals surface area contributed by atoms with Gasteiger partial charge in [0, 0.05) is 15.8 Å². The molecule has 0 N–H and O–H groups in total. The van der Waals surface area contributed by atoms with E-state index in [0.717, 1.165) is 24.2 Å². The molecule has 1 unspecified atom stereocenters. The minimum atomic E-state index is -0.176. The number of anilines is 1. The van der Waals surface area contributed by atoms with E-state index in [2.05, 4.69) is 70.0 Å². The van der Waals surface area contributed by atoms with Crippen molar-refractivity contribution in [2.45, 2.75) is 12.5 Å².